The van der Waals surface area contributed by atoms with Gasteiger partial charge in [-0.1, -0.05) is 12.1 Å². The number of piperidine rings is 1. The number of morpholine rings is 1. The molecule has 1 atom stereocenters. The van der Waals surface area contributed by atoms with Gasteiger partial charge in [0.15, 0.2) is 0 Å². The summed E-state index contributed by atoms with van der Waals surface area (Å²) in [6.07, 6.45) is 2.23. The second-order valence-electron chi connectivity index (χ2n) is 6.46. The number of ether oxygens (including phenoxy) is 1. The first-order chi connectivity index (χ1) is 11.3. The van der Waals surface area contributed by atoms with Gasteiger partial charge in [-0.15, -0.1) is 0 Å². The number of carbonyl (C=O) groups is 1. The standard InChI is InChI=1S/C18H27N3O2/c1-19-17-3-2-8-21(14-17)18(22)16-6-4-15(5-7-16)13-20-9-11-23-12-10-20/h4-7,17,19H,2-3,8-14H2,1H3. The Morgan fingerprint density at radius 2 is 1.96 bits per heavy atom. The summed E-state index contributed by atoms with van der Waals surface area (Å²) in [6, 6.07) is 8.54. The van der Waals surface area contributed by atoms with E-state index in [-0.39, 0.29) is 5.91 Å². The minimum absolute atomic E-state index is 0.155. The van der Waals surface area contributed by atoms with Crippen molar-refractivity contribution in [1.82, 2.24) is 15.1 Å². The fourth-order valence-corrected chi connectivity index (χ4v) is 3.35. The normalized spacial score (nSPS) is 23.0. The topological polar surface area (TPSA) is 44.8 Å². The maximum Gasteiger partial charge on any atom is 0.253 e. The lowest BCUT2D eigenvalue weighted by Gasteiger charge is -2.32. The minimum Gasteiger partial charge on any atom is -0.379 e. The van der Waals surface area contributed by atoms with Crippen LogP contribution < -0.4 is 5.32 Å². The van der Waals surface area contributed by atoms with Gasteiger partial charge in [0.2, 0.25) is 0 Å². The monoisotopic (exact) mass is 317 g/mol. The van der Waals surface area contributed by atoms with E-state index >= 15 is 0 Å². The molecule has 1 unspecified atom stereocenters. The fourth-order valence-electron chi connectivity index (χ4n) is 3.35. The molecule has 0 saturated carbocycles. The van der Waals surface area contributed by atoms with Gasteiger partial charge in [0.25, 0.3) is 5.91 Å². The first kappa shape index (κ1) is 16.4. The molecule has 5 heteroatoms. The van der Waals surface area contributed by atoms with E-state index in [0.717, 1.165) is 64.3 Å². The average Bonchev–Trinajstić information content (AvgIpc) is 2.63. The number of carbonyl (C=O) groups excluding carboxylic acids is 1. The minimum atomic E-state index is 0.155. The molecule has 23 heavy (non-hydrogen) atoms. The van der Waals surface area contributed by atoms with E-state index in [9.17, 15) is 4.79 Å². The molecule has 2 saturated heterocycles. The summed E-state index contributed by atoms with van der Waals surface area (Å²) in [5, 5.41) is 3.29. The number of likely N-dealkylation sites (tertiary alicyclic amines) is 1. The Hall–Kier alpha value is -1.43. The third kappa shape index (κ3) is 4.31. The summed E-state index contributed by atoms with van der Waals surface area (Å²) < 4.78 is 5.38. The van der Waals surface area contributed by atoms with Crippen LogP contribution in [0.1, 0.15) is 28.8 Å². The molecule has 1 amide bonds. The molecular formula is C18H27N3O2. The molecule has 2 aliphatic heterocycles. The fraction of sp³-hybridized carbons (Fsp3) is 0.611. The maximum absolute atomic E-state index is 12.6. The number of hydrogen-bond donors (Lipinski definition) is 1. The van der Waals surface area contributed by atoms with E-state index < -0.39 is 0 Å². The Balaban J connectivity index is 1.58. The van der Waals surface area contributed by atoms with Gasteiger partial charge in [0.05, 0.1) is 13.2 Å². The van der Waals surface area contributed by atoms with Crippen LogP contribution in [0.15, 0.2) is 24.3 Å². The zero-order chi connectivity index (χ0) is 16.1. The lowest BCUT2D eigenvalue weighted by molar-refractivity contribution is 0.0342. The highest BCUT2D eigenvalue weighted by Gasteiger charge is 2.23. The van der Waals surface area contributed by atoms with Crippen LogP contribution in [0.3, 0.4) is 0 Å². The first-order valence-electron chi connectivity index (χ1n) is 8.62. The molecule has 0 aliphatic carbocycles. The van der Waals surface area contributed by atoms with Crippen LogP contribution in [-0.4, -0.2) is 68.2 Å². The Labute approximate surface area is 138 Å². The molecule has 0 radical (unpaired) electrons. The molecule has 1 aromatic rings. The van der Waals surface area contributed by atoms with Crippen LogP contribution in [-0.2, 0) is 11.3 Å². The smallest absolute Gasteiger partial charge is 0.253 e. The van der Waals surface area contributed by atoms with E-state index in [0.29, 0.717) is 6.04 Å². The molecule has 3 rings (SSSR count). The van der Waals surface area contributed by atoms with Crippen LogP contribution in [0.5, 0.6) is 0 Å². The third-order valence-electron chi connectivity index (χ3n) is 4.83. The quantitative estimate of drug-likeness (QED) is 0.910. The highest BCUT2D eigenvalue weighted by atomic mass is 16.5. The van der Waals surface area contributed by atoms with Gasteiger partial charge >= 0.3 is 0 Å². The van der Waals surface area contributed by atoms with Crippen LogP contribution in [0.2, 0.25) is 0 Å². The highest BCUT2D eigenvalue weighted by molar-refractivity contribution is 5.94. The van der Waals surface area contributed by atoms with Gasteiger partial charge in [0.1, 0.15) is 0 Å². The van der Waals surface area contributed by atoms with Crippen molar-refractivity contribution in [2.45, 2.75) is 25.4 Å². The second-order valence-corrected chi connectivity index (χ2v) is 6.46. The predicted octanol–water partition coefficient (Wildman–Crippen LogP) is 1.34. The summed E-state index contributed by atoms with van der Waals surface area (Å²) in [5.41, 5.74) is 2.06. The molecular weight excluding hydrogens is 290 g/mol. The van der Waals surface area contributed by atoms with Crippen LogP contribution in [0.25, 0.3) is 0 Å². The van der Waals surface area contributed by atoms with Crippen molar-refractivity contribution in [3.8, 4) is 0 Å². The van der Waals surface area contributed by atoms with Gasteiger partial charge in [-0.25, -0.2) is 0 Å². The molecule has 2 heterocycles. The Morgan fingerprint density at radius 1 is 1.22 bits per heavy atom. The third-order valence-corrected chi connectivity index (χ3v) is 4.83. The van der Waals surface area contributed by atoms with Crippen molar-refractivity contribution in [1.29, 1.82) is 0 Å². The van der Waals surface area contributed by atoms with Gasteiger partial charge in [-0.05, 0) is 37.6 Å². The molecule has 2 aliphatic rings. The number of hydrogen-bond acceptors (Lipinski definition) is 4. The SMILES string of the molecule is CNC1CCCN(C(=O)c2ccc(CN3CCOCC3)cc2)C1. The number of benzene rings is 1. The summed E-state index contributed by atoms with van der Waals surface area (Å²) in [6.45, 7) is 6.22. The highest BCUT2D eigenvalue weighted by Crippen LogP contribution is 2.15. The van der Waals surface area contributed by atoms with Crippen LogP contribution in [0.4, 0.5) is 0 Å². The molecule has 1 N–H and O–H groups in total. The Morgan fingerprint density at radius 3 is 2.65 bits per heavy atom. The maximum atomic E-state index is 12.6. The number of nitrogens with zero attached hydrogens (tertiary/aromatic N) is 2. The number of amides is 1. The van der Waals surface area contributed by atoms with Crippen molar-refractivity contribution in [3.63, 3.8) is 0 Å². The summed E-state index contributed by atoms with van der Waals surface area (Å²) >= 11 is 0. The van der Waals surface area contributed by atoms with Crippen molar-refractivity contribution >= 4 is 5.91 Å². The number of nitrogens with one attached hydrogen (secondary N) is 1. The molecule has 5 nitrogen and oxygen atoms in total. The Kier molecular flexibility index (Phi) is 5.65. The zero-order valence-electron chi connectivity index (χ0n) is 14.0. The van der Waals surface area contributed by atoms with E-state index in [1.807, 2.05) is 24.1 Å². The lowest BCUT2D eigenvalue weighted by Crippen LogP contribution is -2.46. The first-order valence-corrected chi connectivity index (χ1v) is 8.62. The average molecular weight is 317 g/mol. The summed E-state index contributed by atoms with van der Waals surface area (Å²) in [7, 11) is 1.97. The van der Waals surface area contributed by atoms with Crippen molar-refractivity contribution in [3.05, 3.63) is 35.4 Å². The number of likely N-dealkylation sites (N-methyl/N-ethyl adjacent to an activating group) is 1. The molecule has 126 valence electrons. The molecule has 0 aromatic heterocycles. The predicted molar refractivity (Wildman–Crippen MR) is 90.5 cm³/mol. The van der Waals surface area contributed by atoms with E-state index in [1.54, 1.807) is 0 Å². The van der Waals surface area contributed by atoms with Gasteiger partial charge in [-0.2, -0.15) is 0 Å². The van der Waals surface area contributed by atoms with Crippen molar-refractivity contribution in [2.75, 3.05) is 46.4 Å². The largest absolute Gasteiger partial charge is 0.379 e. The van der Waals surface area contributed by atoms with Gasteiger partial charge < -0.3 is 15.0 Å². The van der Waals surface area contributed by atoms with Crippen molar-refractivity contribution < 1.29 is 9.53 Å². The van der Waals surface area contributed by atoms with Crippen LogP contribution in [0, 0.1) is 0 Å². The molecule has 0 bridgehead atoms. The molecule has 1 aromatic carbocycles. The van der Waals surface area contributed by atoms with E-state index in [2.05, 4.69) is 22.3 Å². The Bertz CT molecular complexity index is 512. The van der Waals surface area contributed by atoms with Crippen LogP contribution >= 0.6 is 0 Å². The van der Waals surface area contributed by atoms with Gasteiger partial charge in [0, 0.05) is 44.3 Å². The lowest BCUT2D eigenvalue weighted by atomic mass is 10.0. The summed E-state index contributed by atoms with van der Waals surface area (Å²) in [5.74, 6) is 0.155. The second kappa shape index (κ2) is 7.90. The van der Waals surface area contributed by atoms with E-state index in [4.69, 9.17) is 4.74 Å². The zero-order valence-corrected chi connectivity index (χ0v) is 14.0. The number of rotatable bonds is 4. The molecule has 0 spiro atoms. The summed E-state index contributed by atoms with van der Waals surface area (Å²) in [4.78, 5) is 17.0. The van der Waals surface area contributed by atoms with Crippen molar-refractivity contribution in [2.24, 2.45) is 0 Å². The van der Waals surface area contributed by atoms with Gasteiger partial charge in [-0.3, -0.25) is 9.69 Å². The van der Waals surface area contributed by atoms with E-state index in [1.165, 1.54) is 5.56 Å². The molecule has 2 fully saturated rings.